The molecule has 0 aliphatic heterocycles. The molecule has 1 saturated carbocycles. The maximum atomic E-state index is 5.86. The minimum Gasteiger partial charge on any atom is -0.381 e. The van der Waals surface area contributed by atoms with E-state index in [-0.39, 0.29) is 0 Å². The van der Waals surface area contributed by atoms with E-state index in [0.29, 0.717) is 0 Å². The highest BCUT2D eigenvalue weighted by Crippen LogP contribution is 2.29. The smallest absolute Gasteiger partial charge is 0.0494 e. The fraction of sp³-hybridized carbons (Fsp3) is 0.941. The van der Waals surface area contributed by atoms with E-state index in [2.05, 4.69) is 13.8 Å². The van der Waals surface area contributed by atoms with Crippen LogP contribution in [0.15, 0.2) is 0 Å². The van der Waals surface area contributed by atoms with Crippen LogP contribution >= 0.6 is 0 Å². The van der Waals surface area contributed by atoms with Crippen molar-refractivity contribution in [2.24, 2.45) is 5.92 Å². The second kappa shape index (κ2) is 10.8. The Morgan fingerprint density at radius 3 is 2.50 bits per heavy atom. The molecule has 1 fully saturated rings. The van der Waals surface area contributed by atoms with Crippen molar-refractivity contribution >= 4 is 0 Å². The minimum atomic E-state index is 0.798. The molecule has 1 heteroatoms. The Kier molecular flexibility index (Phi) is 9.65. The van der Waals surface area contributed by atoms with Gasteiger partial charge in [0.15, 0.2) is 0 Å². The predicted molar refractivity (Wildman–Crippen MR) is 79.7 cm³/mol. The number of rotatable bonds is 10. The van der Waals surface area contributed by atoms with E-state index >= 15 is 0 Å². The molecule has 0 saturated heterocycles. The van der Waals surface area contributed by atoms with Crippen LogP contribution in [-0.2, 0) is 4.74 Å². The van der Waals surface area contributed by atoms with E-state index in [9.17, 15) is 0 Å². The van der Waals surface area contributed by atoms with Crippen LogP contribution in [0.25, 0.3) is 0 Å². The first-order valence-electron chi connectivity index (χ1n) is 8.28. The van der Waals surface area contributed by atoms with Gasteiger partial charge < -0.3 is 4.74 Å². The average Bonchev–Trinajstić information content (AvgIpc) is 2.43. The van der Waals surface area contributed by atoms with Crippen molar-refractivity contribution in [2.75, 3.05) is 13.2 Å². The minimum absolute atomic E-state index is 0.798. The normalized spacial score (nSPS) is 19.0. The van der Waals surface area contributed by atoms with Crippen molar-refractivity contribution in [1.82, 2.24) is 0 Å². The van der Waals surface area contributed by atoms with Gasteiger partial charge in [0.05, 0.1) is 0 Å². The van der Waals surface area contributed by atoms with E-state index in [1.54, 1.807) is 0 Å². The molecule has 0 aromatic rings. The van der Waals surface area contributed by atoms with E-state index in [0.717, 1.165) is 19.1 Å². The number of hydrogen-bond acceptors (Lipinski definition) is 1. The molecule has 0 spiro atoms. The average molecular weight is 253 g/mol. The second-order valence-corrected chi connectivity index (χ2v) is 5.91. The van der Waals surface area contributed by atoms with Gasteiger partial charge >= 0.3 is 0 Å². The quantitative estimate of drug-likeness (QED) is 0.465. The van der Waals surface area contributed by atoms with Gasteiger partial charge in [0.1, 0.15) is 0 Å². The second-order valence-electron chi connectivity index (χ2n) is 5.91. The topological polar surface area (TPSA) is 9.23 Å². The van der Waals surface area contributed by atoms with Crippen molar-refractivity contribution < 1.29 is 4.74 Å². The molecule has 1 aliphatic rings. The summed E-state index contributed by atoms with van der Waals surface area (Å²) in [5.41, 5.74) is 0. The molecule has 18 heavy (non-hydrogen) atoms. The Morgan fingerprint density at radius 2 is 1.83 bits per heavy atom. The molecule has 0 N–H and O–H groups in total. The largest absolute Gasteiger partial charge is 0.381 e. The lowest BCUT2D eigenvalue weighted by Gasteiger charge is -2.21. The van der Waals surface area contributed by atoms with Gasteiger partial charge in [0.2, 0.25) is 0 Å². The van der Waals surface area contributed by atoms with E-state index in [1.807, 2.05) is 5.92 Å². The number of hydrogen-bond donors (Lipinski definition) is 0. The lowest BCUT2D eigenvalue weighted by molar-refractivity contribution is 0.0911. The monoisotopic (exact) mass is 253 g/mol. The highest BCUT2D eigenvalue weighted by Gasteiger charge is 2.13. The molecule has 1 radical (unpaired) electrons. The Morgan fingerprint density at radius 1 is 1.06 bits per heavy atom. The van der Waals surface area contributed by atoms with Crippen LogP contribution in [0, 0.1) is 11.8 Å². The molecule has 0 bridgehead atoms. The van der Waals surface area contributed by atoms with Crippen LogP contribution in [0.1, 0.15) is 84.5 Å². The summed E-state index contributed by atoms with van der Waals surface area (Å²) < 4.78 is 5.86. The zero-order valence-corrected chi connectivity index (χ0v) is 12.7. The van der Waals surface area contributed by atoms with Crippen LogP contribution in [0.2, 0.25) is 0 Å². The Balaban J connectivity index is 1.93. The summed E-state index contributed by atoms with van der Waals surface area (Å²) in [6.07, 6.45) is 15.0. The van der Waals surface area contributed by atoms with E-state index in [1.165, 1.54) is 70.6 Å². The highest BCUT2D eigenvalue weighted by molar-refractivity contribution is 4.91. The molecular weight excluding hydrogens is 220 g/mol. The molecule has 1 unspecified atom stereocenters. The van der Waals surface area contributed by atoms with Crippen LogP contribution < -0.4 is 0 Å². The third kappa shape index (κ3) is 7.41. The standard InChI is InChI=1S/C17H33O/c1-3-5-10-16(4-2)15-18-14-9-13-17-11-7-6-8-12-17/h16H,3-15H2,1-2H3. The molecule has 1 rings (SSSR count). The maximum absolute atomic E-state index is 5.86. The third-order valence-corrected chi connectivity index (χ3v) is 4.28. The number of ether oxygens (including phenoxy) is 1. The van der Waals surface area contributed by atoms with Gasteiger partial charge in [-0.3, -0.25) is 0 Å². The van der Waals surface area contributed by atoms with Crippen LogP contribution in [0.3, 0.4) is 0 Å². The molecule has 0 heterocycles. The van der Waals surface area contributed by atoms with Crippen molar-refractivity contribution in [3.63, 3.8) is 0 Å². The van der Waals surface area contributed by atoms with Gasteiger partial charge in [-0.1, -0.05) is 52.4 Å². The molecule has 1 aliphatic carbocycles. The molecule has 0 amide bonds. The highest BCUT2D eigenvalue weighted by atomic mass is 16.5. The van der Waals surface area contributed by atoms with E-state index in [4.69, 9.17) is 4.74 Å². The summed E-state index contributed by atoms with van der Waals surface area (Å²) in [6.45, 7) is 6.54. The molecule has 107 valence electrons. The van der Waals surface area contributed by atoms with Crippen molar-refractivity contribution in [2.45, 2.75) is 84.5 Å². The fourth-order valence-corrected chi connectivity index (χ4v) is 2.87. The Bertz CT molecular complexity index is 172. The van der Waals surface area contributed by atoms with Crippen LogP contribution in [0.4, 0.5) is 0 Å². The zero-order valence-electron chi connectivity index (χ0n) is 12.7. The summed E-state index contributed by atoms with van der Waals surface area (Å²) in [6, 6.07) is 0. The van der Waals surface area contributed by atoms with Gasteiger partial charge in [-0.05, 0) is 43.9 Å². The lowest BCUT2D eigenvalue weighted by atomic mass is 9.86. The molecule has 0 aromatic heterocycles. The van der Waals surface area contributed by atoms with Crippen molar-refractivity contribution in [3.05, 3.63) is 5.92 Å². The summed E-state index contributed by atoms with van der Waals surface area (Å²) in [5, 5.41) is 0. The third-order valence-electron chi connectivity index (χ3n) is 4.28. The van der Waals surface area contributed by atoms with Crippen LogP contribution in [0.5, 0.6) is 0 Å². The Labute approximate surface area is 115 Å². The molecule has 1 atom stereocenters. The fourth-order valence-electron chi connectivity index (χ4n) is 2.87. The van der Waals surface area contributed by atoms with Gasteiger partial charge in [-0.25, -0.2) is 0 Å². The molecule has 1 nitrogen and oxygen atoms in total. The summed E-state index contributed by atoms with van der Waals surface area (Å²) in [7, 11) is 0. The van der Waals surface area contributed by atoms with Crippen LogP contribution in [-0.4, -0.2) is 13.2 Å². The van der Waals surface area contributed by atoms with E-state index < -0.39 is 0 Å². The van der Waals surface area contributed by atoms with Gasteiger partial charge in [-0.2, -0.15) is 0 Å². The van der Waals surface area contributed by atoms with Crippen molar-refractivity contribution in [3.8, 4) is 0 Å². The molecule has 0 aromatic carbocycles. The van der Waals surface area contributed by atoms with Gasteiger partial charge in [0.25, 0.3) is 0 Å². The van der Waals surface area contributed by atoms with Gasteiger partial charge in [0, 0.05) is 13.2 Å². The summed E-state index contributed by atoms with van der Waals surface area (Å²) in [4.78, 5) is 0. The first-order chi connectivity index (χ1) is 8.86. The van der Waals surface area contributed by atoms with Crippen molar-refractivity contribution in [1.29, 1.82) is 0 Å². The summed E-state index contributed by atoms with van der Waals surface area (Å²) in [5.74, 6) is 2.61. The molecular formula is C17H33O. The van der Waals surface area contributed by atoms with Gasteiger partial charge in [-0.15, -0.1) is 0 Å². The lowest BCUT2D eigenvalue weighted by Crippen LogP contribution is -2.11. The maximum Gasteiger partial charge on any atom is 0.0494 e. The zero-order chi connectivity index (χ0) is 13.1. The first-order valence-corrected chi connectivity index (χ1v) is 8.28. The first kappa shape index (κ1) is 16.0. The summed E-state index contributed by atoms with van der Waals surface area (Å²) >= 11 is 0. The number of unbranched alkanes of at least 4 members (excludes halogenated alkanes) is 1. The predicted octanol–water partition coefficient (Wildman–Crippen LogP) is 5.54. The Hall–Kier alpha value is -0.0400. The SMILES string of the molecule is CCCCC(CC)COCCC[C]1CCCCC1.